The molecule has 0 aromatic carbocycles. The first kappa shape index (κ1) is 14.5. The van der Waals surface area contributed by atoms with Gasteiger partial charge in [0.2, 0.25) is 5.89 Å². The largest absolute Gasteiger partial charge is 0.392 e. The molecule has 5 heteroatoms. The van der Waals surface area contributed by atoms with Crippen molar-refractivity contribution in [2.75, 3.05) is 13.6 Å². The highest BCUT2D eigenvalue weighted by Crippen LogP contribution is 2.33. The van der Waals surface area contributed by atoms with Gasteiger partial charge in [-0.05, 0) is 39.2 Å². The number of hydrogen-bond donors (Lipinski definition) is 1. The summed E-state index contributed by atoms with van der Waals surface area (Å²) in [6.45, 7) is 4.85. The van der Waals surface area contributed by atoms with Crippen LogP contribution in [0.1, 0.15) is 57.3 Å². The summed E-state index contributed by atoms with van der Waals surface area (Å²) in [7, 11) is 1.99. The molecule has 2 atom stereocenters. The van der Waals surface area contributed by atoms with Gasteiger partial charge in [-0.2, -0.15) is 4.98 Å². The summed E-state index contributed by atoms with van der Waals surface area (Å²) >= 11 is 0. The molecule has 1 aromatic rings. The van der Waals surface area contributed by atoms with Crippen LogP contribution in [0.25, 0.3) is 0 Å². The van der Waals surface area contributed by atoms with E-state index in [9.17, 15) is 5.11 Å². The van der Waals surface area contributed by atoms with E-state index in [0.717, 1.165) is 37.9 Å². The number of rotatable bonds is 8. The number of likely N-dealkylation sites (N-methyl/N-ethyl adjacent to an activating group) is 1. The summed E-state index contributed by atoms with van der Waals surface area (Å²) in [5.41, 5.74) is 0. The number of unbranched alkanes of at least 4 members (excludes halogenated alkanes) is 1. The predicted octanol–water partition coefficient (Wildman–Crippen LogP) is 2.18. The van der Waals surface area contributed by atoms with Crippen molar-refractivity contribution in [3.05, 3.63) is 11.7 Å². The molecule has 5 nitrogen and oxygen atoms in total. The summed E-state index contributed by atoms with van der Waals surface area (Å²) in [6.07, 6.45) is 5.18. The lowest BCUT2D eigenvalue weighted by molar-refractivity contribution is 0.0833. The molecule has 1 N–H and O–H groups in total. The van der Waals surface area contributed by atoms with Crippen LogP contribution in [-0.2, 0) is 6.42 Å². The first-order valence-electron chi connectivity index (χ1n) is 7.32. The van der Waals surface area contributed by atoms with Gasteiger partial charge in [0.15, 0.2) is 5.82 Å². The minimum atomic E-state index is -0.227. The maximum atomic E-state index is 9.97. The molecule has 0 spiro atoms. The molecule has 0 radical (unpaired) electrons. The third-order valence-electron chi connectivity index (χ3n) is 3.90. The van der Waals surface area contributed by atoms with Crippen LogP contribution in [0.2, 0.25) is 0 Å². The molecule has 2 unspecified atom stereocenters. The molecule has 0 saturated heterocycles. The number of hydrogen-bond acceptors (Lipinski definition) is 5. The molecule has 0 amide bonds. The quantitative estimate of drug-likeness (QED) is 0.782. The Labute approximate surface area is 115 Å². The zero-order valence-electron chi connectivity index (χ0n) is 12.2. The van der Waals surface area contributed by atoms with E-state index in [0.29, 0.717) is 18.4 Å². The van der Waals surface area contributed by atoms with Crippen LogP contribution in [-0.4, -0.2) is 39.8 Å². The molecule has 1 aliphatic carbocycles. The van der Waals surface area contributed by atoms with Crippen molar-refractivity contribution < 1.29 is 9.63 Å². The smallest absolute Gasteiger partial charge is 0.243 e. The van der Waals surface area contributed by atoms with Crippen molar-refractivity contribution in [1.82, 2.24) is 15.0 Å². The van der Waals surface area contributed by atoms with Gasteiger partial charge in [0.05, 0.1) is 12.1 Å². The van der Waals surface area contributed by atoms with Gasteiger partial charge in [0.1, 0.15) is 0 Å². The standard InChI is InChI=1S/C14H25N3O2/c1-4-5-6-13-15-14(19-16-13)10(2)17(3)9-12(18)11-7-8-11/h10-12,18H,4-9H2,1-3H3. The lowest BCUT2D eigenvalue weighted by Crippen LogP contribution is -2.32. The van der Waals surface area contributed by atoms with Crippen molar-refractivity contribution >= 4 is 0 Å². The van der Waals surface area contributed by atoms with E-state index in [-0.39, 0.29) is 12.1 Å². The second-order valence-electron chi connectivity index (χ2n) is 5.67. The molecule has 1 aliphatic rings. The van der Waals surface area contributed by atoms with Crippen molar-refractivity contribution in [3.8, 4) is 0 Å². The Morgan fingerprint density at radius 1 is 1.47 bits per heavy atom. The molecule has 1 fully saturated rings. The predicted molar refractivity (Wildman–Crippen MR) is 72.7 cm³/mol. The maximum absolute atomic E-state index is 9.97. The van der Waals surface area contributed by atoms with E-state index in [1.165, 1.54) is 0 Å². The average molecular weight is 267 g/mol. The summed E-state index contributed by atoms with van der Waals surface area (Å²) in [6, 6.07) is 0.0521. The topological polar surface area (TPSA) is 62.4 Å². The number of aryl methyl sites for hydroxylation is 1. The van der Waals surface area contributed by atoms with Gasteiger partial charge in [0.25, 0.3) is 0 Å². The average Bonchev–Trinajstić information content (AvgIpc) is 3.15. The molecular formula is C14H25N3O2. The number of aliphatic hydroxyl groups is 1. The van der Waals surface area contributed by atoms with Crippen LogP contribution in [0.5, 0.6) is 0 Å². The van der Waals surface area contributed by atoms with Crippen molar-refractivity contribution in [2.24, 2.45) is 5.92 Å². The highest BCUT2D eigenvalue weighted by molar-refractivity contribution is 4.93. The number of nitrogens with zero attached hydrogens (tertiary/aromatic N) is 3. The minimum absolute atomic E-state index is 0.0521. The van der Waals surface area contributed by atoms with E-state index in [1.54, 1.807) is 0 Å². The Balaban J connectivity index is 1.86. The van der Waals surface area contributed by atoms with E-state index in [4.69, 9.17) is 4.52 Å². The van der Waals surface area contributed by atoms with Gasteiger partial charge >= 0.3 is 0 Å². The van der Waals surface area contributed by atoms with Crippen LogP contribution < -0.4 is 0 Å². The zero-order chi connectivity index (χ0) is 13.8. The highest BCUT2D eigenvalue weighted by atomic mass is 16.5. The second kappa shape index (κ2) is 6.48. The molecular weight excluding hydrogens is 242 g/mol. The van der Waals surface area contributed by atoms with Crippen molar-refractivity contribution in [1.29, 1.82) is 0 Å². The third-order valence-corrected chi connectivity index (χ3v) is 3.90. The SMILES string of the molecule is CCCCc1noc(C(C)N(C)CC(O)C2CC2)n1. The van der Waals surface area contributed by atoms with Crippen LogP contribution in [0.3, 0.4) is 0 Å². The van der Waals surface area contributed by atoms with Crippen LogP contribution in [0.15, 0.2) is 4.52 Å². The highest BCUT2D eigenvalue weighted by Gasteiger charge is 2.31. The summed E-state index contributed by atoms with van der Waals surface area (Å²) in [4.78, 5) is 6.52. The van der Waals surface area contributed by atoms with Crippen molar-refractivity contribution in [3.63, 3.8) is 0 Å². The first-order chi connectivity index (χ1) is 9.11. The second-order valence-corrected chi connectivity index (χ2v) is 5.67. The van der Waals surface area contributed by atoms with Gasteiger partial charge in [0, 0.05) is 13.0 Å². The normalized spacial score (nSPS) is 18.8. The molecule has 0 bridgehead atoms. The lowest BCUT2D eigenvalue weighted by Gasteiger charge is -2.24. The zero-order valence-corrected chi connectivity index (χ0v) is 12.2. The summed E-state index contributed by atoms with van der Waals surface area (Å²) < 4.78 is 5.32. The van der Waals surface area contributed by atoms with Crippen LogP contribution in [0, 0.1) is 5.92 Å². The fourth-order valence-electron chi connectivity index (χ4n) is 2.15. The van der Waals surface area contributed by atoms with E-state index < -0.39 is 0 Å². The maximum Gasteiger partial charge on any atom is 0.243 e. The Morgan fingerprint density at radius 3 is 2.84 bits per heavy atom. The van der Waals surface area contributed by atoms with E-state index in [1.807, 2.05) is 14.0 Å². The molecule has 108 valence electrons. The summed E-state index contributed by atoms with van der Waals surface area (Å²) in [5, 5.41) is 14.0. The van der Waals surface area contributed by atoms with Crippen LogP contribution in [0.4, 0.5) is 0 Å². The van der Waals surface area contributed by atoms with Gasteiger partial charge in [-0.3, -0.25) is 4.90 Å². The Bertz CT molecular complexity index is 390. The molecule has 1 heterocycles. The first-order valence-corrected chi connectivity index (χ1v) is 7.32. The Kier molecular flexibility index (Phi) is 4.93. The minimum Gasteiger partial charge on any atom is -0.392 e. The van der Waals surface area contributed by atoms with Gasteiger partial charge in [-0.25, -0.2) is 0 Å². The Morgan fingerprint density at radius 2 is 2.21 bits per heavy atom. The molecule has 2 rings (SSSR count). The monoisotopic (exact) mass is 267 g/mol. The van der Waals surface area contributed by atoms with Gasteiger partial charge < -0.3 is 9.63 Å². The Hall–Kier alpha value is -0.940. The van der Waals surface area contributed by atoms with Gasteiger partial charge in [-0.1, -0.05) is 18.5 Å². The van der Waals surface area contributed by atoms with Crippen LogP contribution >= 0.6 is 0 Å². The van der Waals surface area contributed by atoms with E-state index in [2.05, 4.69) is 22.0 Å². The lowest BCUT2D eigenvalue weighted by atomic mass is 10.2. The third kappa shape index (κ3) is 4.01. The molecule has 1 saturated carbocycles. The summed E-state index contributed by atoms with van der Waals surface area (Å²) in [5.74, 6) is 1.94. The fourth-order valence-corrected chi connectivity index (χ4v) is 2.15. The fraction of sp³-hybridized carbons (Fsp3) is 0.857. The number of aliphatic hydroxyl groups excluding tert-OH is 1. The molecule has 0 aliphatic heterocycles. The van der Waals surface area contributed by atoms with Crippen molar-refractivity contribution in [2.45, 2.75) is 58.1 Å². The molecule has 1 aromatic heterocycles. The van der Waals surface area contributed by atoms with Gasteiger partial charge in [-0.15, -0.1) is 0 Å². The van der Waals surface area contributed by atoms with E-state index >= 15 is 0 Å². The number of aromatic nitrogens is 2. The molecule has 19 heavy (non-hydrogen) atoms.